The fourth-order valence-corrected chi connectivity index (χ4v) is 2.62. The van der Waals surface area contributed by atoms with Gasteiger partial charge in [-0.25, -0.2) is 9.59 Å². The Labute approximate surface area is 198 Å². The van der Waals surface area contributed by atoms with Crippen molar-refractivity contribution in [3.05, 3.63) is 55.6 Å². The highest BCUT2D eigenvalue weighted by Crippen LogP contribution is 2.34. The van der Waals surface area contributed by atoms with Gasteiger partial charge in [0.25, 0.3) is 0 Å². The maximum absolute atomic E-state index is 11.6. The topological polar surface area (TPSA) is 212 Å². The van der Waals surface area contributed by atoms with Gasteiger partial charge in [0.05, 0.1) is 60.8 Å². The lowest BCUT2D eigenvalue weighted by atomic mass is 10.1. The van der Waals surface area contributed by atoms with Gasteiger partial charge in [-0.2, -0.15) is 0 Å². The number of hydrogen-bond donors (Lipinski definition) is 2. The molecule has 0 unspecified atom stereocenters. The number of hydrogen-bond acceptors (Lipinski definition) is 12. The van der Waals surface area contributed by atoms with Crippen molar-refractivity contribution in [3.8, 4) is 11.5 Å². The number of carbonyl (C=O) groups excluding carboxylic acids is 3. The normalized spacial score (nSPS) is 9.63. The van der Waals surface area contributed by atoms with Crippen LogP contribution >= 0.6 is 0 Å². The number of benzene rings is 2. The molecule has 0 spiro atoms. The number of anilines is 2. The van der Waals surface area contributed by atoms with Gasteiger partial charge in [0.2, 0.25) is 5.91 Å². The summed E-state index contributed by atoms with van der Waals surface area (Å²) >= 11 is 0. The van der Waals surface area contributed by atoms with Gasteiger partial charge in [-0.05, 0) is 0 Å². The predicted molar refractivity (Wildman–Crippen MR) is 121 cm³/mol. The number of carbonyl (C=O) groups is 3. The molecule has 0 saturated heterocycles. The van der Waals surface area contributed by atoms with E-state index >= 15 is 0 Å². The Morgan fingerprint density at radius 2 is 1.23 bits per heavy atom. The third kappa shape index (κ3) is 7.01. The molecular formula is C20H22N4O11. The fraction of sp³-hybridized carbons (Fsp3) is 0.250. The lowest BCUT2D eigenvalue weighted by molar-refractivity contribution is -0.385. The Balaban J connectivity index is 0.000000355. The van der Waals surface area contributed by atoms with Crippen LogP contribution in [0.2, 0.25) is 0 Å². The molecule has 0 heterocycles. The average Bonchev–Trinajstić information content (AvgIpc) is 2.82. The fourth-order valence-electron chi connectivity index (χ4n) is 2.62. The summed E-state index contributed by atoms with van der Waals surface area (Å²) in [6.45, 7) is 1.22. The quantitative estimate of drug-likeness (QED) is 0.245. The van der Waals surface area contributed by atoms with Crippen molar-refractivity contribution < 1.29 is 43.2 Å². The van der Waals surface area contributed by atoms with Crippen LogP contribution in [0.5, 0.6) is 11.5 Å². The van der Waals surface area contributed by atoms with Crippen LogP contribution < -0.4 is 20.5 Å². The van der Waals surface area contributed by atoms with Crippen molar-refractivity contribution in [1.82, 2.24) is 0 Å². The SMILES string of the molecule is COC(=O)c1cc(OC)c([N+](=O)[O-])cc1N.COC(=O)c1cc(OC)c([N+](=O)[O-])cc1NC(C)=O. The van der Waals surface area contributed by atoms with Gasteiger partial charge in [-0.1, -0.05) is 0 Å². The summed E-state index contributed by atoms with van der Waals surface area (Å²) in [5.74, 6) is -2.02. The van der Waals surface area contributed by atoms with E-state index in [-0.39, 0.29) is 45.4 Å². The number of nitro groups is 2. The summed E-state index contributed by atoms with van der Waals surface area (Å²) in [7, 11) is 4.85. The van der Waals surface area contributed by atoms with E-state index in [1.165, 1.54) is 34.3 Å². The molecular weight excluding hydrogens is 472 g/mol. The van der Waals surface area contributed by atoms with Crippen LogP contribution in [0, 0.1) is 20.2 Å². The second-order valence-electron chi connectivity index (χ2n) is 6.36. The van der Waals surface area contributed by atoms with E-state index in [1.807, 2.05) is 0 Å². The third-order valence-corrected chi connectivity index (χ3v) is 4.18. The Hall–Kier alpha value is -4.95. The minimum Gasteiger partial charge on any atom is -0.490 e. The first-order valence-electron chi connectivity index (χ1n) is 9.34. The molecule has 0 bridgehead atoms. The van der Waals surface area contributed by atoms with Crippen LogP contribution in [0.3, 0.4) is 0 Å². The summed E-state index contributed by atoms with van der Waals surface area (Å²) in [6.07, 6.45) is 0. The van der Waals surface area contributed by atoms with Crippen LogP contribution in [0.25, 0.3) is 0 Å². The van der Waals surface area contributed by atoms with Gasteiger partial charge in [0.15, 0.2) is 11.5 Å². The Morgan fingerprint density at radius 3 is 1.63 bits per heavy atom. The average molecular weight is 494 g/mol. The van der Waals surface area contributed by atoms with Crippen molar-refractivity contribution in [3.63, 3.8) is 0 Å². The lowest BCUT2D eigenvalue weighted by Crippen LogP contribution is -2.13. The van der Waals surface area contributed by atoms with E-state index in [9.17, 15) is 34.6 Å². The minimum atomic E-state index is -0.739. The smallest absolute Gasteiger partial charge is 0.340 e. The molecule has 0 aliphatic heterocycles. The maximum Gasteiger partial charge on any atom is 0.340 e. The summed E-state index contributed by atoms with van der Waals surface area (Å²) in [4.78, 5) is 54.1. The van der Waals surface area contributed by atoms with Crippen LogP contribution in [0.15, 0.2) is 24.3 Å². The summed E-state index contributed by atoms with van der Waals surface area (Å²) in [5.41, 5.74) is 4.81. The van der Waals surface area contributed by atoms with Crippen LogP contribution in [0.1, 0.15) is 27.6 Å². The Bertz CT molecular complexity index is 1160. The van der Waals surface area contributed by atoms with Crippen LogP contribution in [-0.2, 0) is 14.3 Å². The molecule has 2 aromatic carbocycles. The van der Waals surface area contributed by atoms with E-state index in [0.29, 0.717) is 0 Å². The first-order valence-corrected chi connectivity index (χ1v) is 9.34. The van der Waals surface area contributed by atoms with Crippen LogP contribution in [0.4, 0.5) is 22.7 Å². The number of methoxy groups -OCH3 is 4. The zero-order valence-corrected chi connectivity index (χ0v) is 19.3. The number of amides is 1. The third-order valence-electron chi connectivity index (χ3n) is 4.18. The molecule has 0 saturated carbocycles. The molecule has 15 heteroatoms. The first-order chi connectivity index (χ1) is 16.4. The molecule has 2 aromatic rings. The highest BCUT2D eigenvalue weighted by atomic mass is 16.6. The van der Waals surface area contributed by atoms with Gasteiger partial charge in [0.1, 0.15) is 0 Å². The van der Waals surface area contributed by atoms with Crippen LogP contribution in [-0.4, -0.2) is 56.1 Å². The lowest BCUT2D eigenvalue weighted by Gasteiger charge is -2.10. The number of rotatable bonds is 7. The molecule has 3 N–H and O–H groups in total. The molecule has 2 rings (SSSR count). The zero-order chi connectivity index (χ0) is 26.9. The van der Waals surface area contributed by atoms with Gasteiger partial charge < -0.3 is 30.0 Å². The van der Waals surface area contributed by atoms with E-state index in [0.717, 1.165) is 25.3 Å². The van der Waals surface area contributed by atoms with E-state index < -0.39 is 27.7 Å². The molecule has 0 aliphatic carbocycles. The van der Waals surface area contributed by atoms with Gasteiger partial charge in [0, 0.05) is 31.2 Å². The molecule has 0 atom stereocenters. The molecule has 0 fully saturated rings. The van der Waals surface area contributed by atoms with Gasteiger partial charge in [-0.15, -0.1) is 0 Å². The predicted octanol–water partition coefficient (Wildman–Crippen LogP) is 2.32. The molecule has 1 amide bonds. The van der Waals surface area contributed by atoms with Crippen molar-refractivity contribution in [2.45, 2.75) is 6.92 Å². The first kappa shape index (κ1) is 28.1. The summed E-state index contributed by atoms with van der Waals surface area (Å²) in [5, 5.41) is 23.8. The van der Waals surface area contributed by atoms with Crippen molar-refractivity contribution in [2.24, 2.45) is 0 Å². The molecule has 35 heavy (non-hydrogen) atoms. The highest BCUT2D eigenvalue weighted by molar-refractivity contribution is 6.02. The van der Waals surface area contributed by atoms with E-state index in [1.54, 1.807) is 0 Å². The zero-order valence-electron chi connectivity index (χ0n) is 19.3. The van der Waals surface area contributed by atoms with Crippen molar-refractivity contribution in [1.29, 1.82) is 0 Å². The summed E-state index contributed by atoms with van der Waals surface area (Å²) < 4.78 is 18.6. The standard InChI is InChI=1S/C11H12N2O6.C9H10N2O5/c1-6(14)12-8-5-9(13(16)17)10(18-2)4-7(8)11(15)19-3;1-15-8-3-5(9(12)16-2)6(10)4-7(8)11(13)14/h4-5H,1-3H3,(H,12,14);3-4H,10H2,1-2H3. The molecule has 188 valence electrons. The van der Waals surface area contributed by atoms with Gasteiger partial charge >= 0.3 is 23.3 Å². The number of nitrogens with one attached hydrogen (secondary N) is 1. The summed E-state index contributed by atoms with van der Waals surface area (Å²) in [6, 6.07) is 4.44. The number of nitrogens with two attached hydrogens (primary N) is 1. The number of nitro benzene ring substituents is 2. The monoisotopic (exact) mass is 494 g/mol. The molecule has 0 aromatic heterocycles. The second kappa shape index (κ2) is 12.3. The number of ether oxygens (including phenoxy) is 4. The number of nitrogen functional groups attached to an aromatic ring is 1. The minimum absolute atomic E-state index is 0.00755. The second-order valence-corrected chi connectivity index (χ2v) is 6.36. The van der Waals surface area contributed by atoms with E-state index in [2.05, 4.69) is 14.8 Å². The van der Waals surface area contributed by atoms with E-state index in [4.69, 9.17) is 15.2 Å². The largest absolute Gasteiger partial charge is 0.490 e. The number of nitrogens with zero attached hydrogens (tertiary/aromatic N) is 2. The molecule has 0 aliphatic rings. The Morgan fingerprint density at radius 1 is 0.800 bits per heavy atom. The Kier molecular flexibility index (Phi) is 9.90. The maximum atomic E-state index is 11.6. The number of esters is 2. The van der Waals surface area contributed by atoms with Crippen molar-refractivity contribution >= 4 is 40.6 Å². The molecule has 0 radical (unpaired) electrons. The van der Waals surface area contributed by atoms with Crippen molar-refractivity contribution in [2.75, 3.05) is 39.5 Å². The molecule has 15 nitrogen and oxygen atoms in total. The highest BCUT2D eigenvalue weighted by Gasteiger charge is 2.23. The van der Waals surface area contributed by atoms with Gasteiger partial charge in [-0.3, -0.25) is 25.0 Å².